The van der Waals surface area contributed by atoms with E-state index in [1.165, 1.54) is 6.20 Å². The normalized spacial score (nSPS) is 20.0. The first-order valence-electron chi connectivity index (χ1n) is 10.2. The molecule has 10 nitrogen and oxygen atoms in total. The Hall–Kier alpha value is -2.91. The van der Waals surface area contributed by atoms with Crippen molar-refractivity contribution in [3.8, 4) is 0 Å². The Kier molecular flexibility index (Phi) is 5.77. The number of hydrogen-bond acceptors (Lipinski definition) is 7. The lowest BCUT2D eigenvalue weighted by atomic mass is 9.94. The molecule has 1 fully saturated rings. The van der Waals surface area contributed by atoms with Crippen molar-refractivity contribution < 1.29 is 9.59 Å². The van der Waals surface area contributed by atoms with Crippen molar-refractivity contribution in [2.75, 3.05) is 19.6 Å². The third kappa shape index (κ3) is 4.41. The molecule has 0 bridgehead atoms. The Balaban J connectivity index is 1.28. The van der Waals surface area contributed by atoms with Crippen LogP contribution in [0.3, 0.4) is 0 Å². The number of aromatic nitrogens is 6. The lowest BCUT2D eigenvalue weighted by Crippen LogP contribution is -2.43. The molecule has 0 aromatic carbocycles. The SMILES string of the molecule is Cc1cnc(C(=O)NCC2CCN(C(=O)C3CCCCn4nnnc43)CC2)cn1. The van der Waals surface area contributed by atoms with Gasteiger partial charge < -0.3 is 10.2 Å². The minimum atomic E-state index is -0.246. The molecule has 2 amide bonds. The highest BCUT2D eigenvalue weighted by Gasteiger charge is 2.33. The van der Waals surface area contributed by atoms with E-state index in [-0.39, 0.29) is 17.7 Å². The van der Waals surface area contributed by atoms with Crippen LogP contribution < -0.4 is 5.32 Å². The third-order valence-electron chi connectivity index (χ3n) is 5.77. The van der Waals surface area contributed by atoms with Crippen LogP contribution in [-0.4, -0.2) is 66.5 Å². The average molecular weight is 398 g/mol. The van der Waals surface area contributed by atoms with Crippen molar-refractivity contribution in [3.63, 3.8) is 0 Å². The smallest absolute Gasteiger partial charge is 0.271 e. The zero-order valence-corrected chi connectivity index (χ0v) is 16.6. The number of aryl methyl sites for hydroxylation is 2. The van der Waals surface area contributed by atoms with E-state index in [1.807, 2.05) is 11.8 Å². The second-order valence-corrected chi connectivity index (χ2v) is 7.83. The first-order valence-corrected chi connectivity index (χ1v) is 10.2. The van der Waals surface area contributed by atoms with Gasteiger partial charge in [0.05, 0.1) is 17.8 Å². The fraction of sp³-hybridized carbons (Fsp3) is 0.632. The van der Waals surface area contributed by atoms with Gasteiger partial charge in [0.15, 0.2) is 5.82 Å². The van der Waals surface area contributed by atoms with E-state index in [0.29, 0.717) is 37.1 Å². The van der Waals surface area contributed by atoms with Crippen LogP contribution in [0.15, 0.2) is 12.4 Å². The van der Waals surface area contributed by atoms with Crippen LogP contribution in [0.5, 0.6) is 0 Å². The van der Waals surface area contributed by atoms with Gasteiger partial charge >= 0.3 is 0 Å². The minimum absolute atomic E-state index is 0.125. The third-order valence-corrected chi connectivity index (χ3v) is 5.77. The van der Waals surface area contributed by atoms with Crippen LogP contribution in [0, 0.1) is 12.8 Å². The Labute approximate surface area is 169 Å². The number of piperidine rings is 1. The highest BCUT2D eigenvalue weighted by atomic mass is 16.2. The molecule has 10 heteroatoms. The van der Waals surface area contributed by atoms with E-state index in [2.05, 4.69) is 30.8 Å². The van der Waals surface area contributed by atoms with Gasteiger partial charge in [-0.2, -0.15) is 0 Å². The Morgan fingerprint density at radius 3 is 2.69 bits per heavy atom. The maximum Gasteiger partial charge on any atom is 0.271 e. The van der Waals surface area contributed by atoms with Crippen LogP contribution in [0.25, 0.3) is 0 Å². The zero-order chi connectivity index (χ0) is 20.2. The maximum absolute atomic E-state index is 13.1. The highest BCUT2D eigenvalue weighted by Crippen LogP contribution is 2.28. The van der Waals surface area contributed by atoms with Gasteiger partial charge in [-0.05, 0) is 49.0 Å². The number of rotatable bonds is 4. The van der Waals surface area contributed by atoms with Gasteiger partial charge in [-0.15, -0.1) is 5.10 Å². The van der Waals surface area contributed by atoms with Gasteiger partial charge in [-0.3, -0.25) is 14.6 Å². The molecule has 1 saturated heterocycles. The summed E-state index contributed by atoms with van der Waals surface area (Å²) in [7, 11) is 0. The molecule has 0 aliphatic carbocycles. The lowest BCUT2D eigenvalue weighted by molar-refractivity contribution is -0.134. The highest BCUT2D eigenvalue weighted by molar-refractivity contribution is 5.91. The first-order chi connectivity index (χ1) is 14.1. The molecule has 2 aliphatic rings. The number of amides is 2. The molecule has 0 saturated carbocycles. The largest absolute Gasteiger partial charge is 0.350 e. The Morgan fingerprint density at radius 2 is 1.93 bits per heavy atom. The standard InChI is InChI=1S/C19H26N8O2/c1-13-10-21-16(12-20-13)18(28)22-11-14-5-8-26(9-6-14)19(29)15-4-2-3-7-27-17(15)23-24-25-27/h10,12,14-15H,2-9,11H2,1H3,(H,22,28). The van der Waals surface area contributed by atoms with Gasteiger partial charge in [0, 0.05) is 32.4 Å². The summed E-state index contributed by atoms with van der Waals surface area (Å²) in [6.07, 6.45) is 7.59. The maximum atomic E-state index is 13.1. The lowest BCUT2D eigenvalue weighted by Gasteiger charge is -2.33. The van der Waals surface area contributed by atoms with E-state index in [0.717, 1.165) is 44.3 Å². The summed E-state index contributed by atoms with van der Waals surface area (Å²) in [6, 6.07) is 0. The van der Waals surface area contributed by atoms with E-state index in [4.69, 9.17) is 0 Å². The molecule has 2 aliphatic heterocycles. The molecule has 0 radical (unpaired) electrons. The summed E-state index contributed by atoms with van der Waals surface area (Å²) in [6.45, 7) is 4.58. The predicted molar refractivity (Wildman–Crippen MR) is 103 cm³/mol. The number of nitrogens with one attached hydrogen (secondary N) is 1. The second-order valence-electron chi connectivity index (χ2n) is 7.83. The topological polar surface area (TPSA) is 119 Å². The Bertz CT molecular complexity index is 857. The summed E-state index contributed by atoms with van der Waals surface area (Å²) in [5.41, 5.74) is 1.11. The van der Waals surface area contributed by atoms with E-state index in [1.54, 1.807) is 10.9 Å². The molecule has 4 heterocycles. The van der Waals surface area contributed by atoms with Gasteiger partial charge in [-0.1, -0.05) is 6.42 Å². The molecule has 1 atom stereocenters. The molecular weight excluding hydrogens is 372 g/mol. The van der Waals surface area contributed by atoms with Crippen LogP contribution in [0.2, 0.25) is 0 Å². The number of likely N-dealkylation sites (tertiary alicyclic amines) is 1. The molecule has 4 rings (SSSR count). The van der Waals surface area contributed by atoms with Crippen LogP contribution in [0.4, 0.5) is 0 Å². The number of tetrazole rings is 1. The van der Waals surface area contributed by atoms with Gasteiger partial charge in [0.25, 0.3) is 5.91 Å². The quantitative estimate of drug-likeness (QED) is 0.805. The molecule has 154 valence electrons. The zero-order valence-electron chi connectivity index (χ0n) is 16.6. The van der Waals surface area contributed by atoms with Gasteiger partial charge in [0.1, 0.15) is 5.69 Å². The molecule has 2 aromatic heterocycles. The fourth-order valence-corrected chi connectivity index (χ4v) is 4.01. The number of hydrogen-bond donors (Lipinski definition) is 1. The van der Waals surface area contributed by atoms with Gasteiger partial charge in [0.2, 0.25) is 5.91 Å². The van der Waals surface area contributed by atoms with Crippen LogP contribution >= 0.6 is 0 Å². The molecule has 1 unspecified atom stereocenters. The van der Waals surface area contributed by atoms with E-state index >= 15 is 0 Å². The van der Waals surface area contributed by atoms with Crippen molar-refractivity contribution in [3.05, 3.63) is 29.6 Å². The molecule has 1 N–H and O–H groups in total. The van der Waals surface area contributed by atoms with E-state index in [9.17, 15) is 9.59 Å². The minimum Gasteiger partial charge on any atom is -0.350 e. The summed E-state index contributed by atoms with van der Waals surface area (Å²) >= 11 is 0. The second kappa shape index (κ2) is 8.62. The van der Waals surface area contributed by atoms with Crippen molar-refractivity contribution in [2.24, 2.45) is 5.92 Å². The monoisotopic (exact) mass is 398 g/mol. The number of fused-ring (bicyclic) bond motifs is 1. The number of carbonyl (C=O) groups excluding carboxylic acids is 2. The molecular formula is C19H26N8O2. The predicted octanol–water partition coefficient (Wildman–Crippen LogP) is 0.708. The summed E-state index contributed by atoms with van der Waals surface area (Å²) in [5.74, 6) is 0.715. The van der Waals surface area contributed by atoms with Crippen molar-refractivity contribution in [2.45, 2.75) is 51.5 Å². The number of carbonyl (C=O) groups is 2. The van der Waals surface area contributed by atoms with Crippen molar-refractivity contribution in [1.29, 1.82) is 0 Å². The first kappa shape index (κ1) is 19.4. The summed E-state index contributed by atoms with van der Waals surface area (Å²) in [4.78, 5) is 35.4. The van der Waals surface area contributed by atoms with Crippen LogP contribution in [0.1, 0.15) is 60.0 Å². The van der Waals surface area contributed by atoms with Crippen molar-refractivity contribution in [1.82, 2.24) is 40.4 Å². The van der Waals surface area contributed by atoms with E-state index < -0.39 is 0 Å². The molecule has 29 heavy (non-hydrogen) atoms. The average Bonchev–Trinajstić information content (AvgIpc) is 3.11. The van der Waals surface area contributed by atoms with Gasteiger partial charge in [-0.25, -0.2) is 9.67 Å². The summed E-state index contributed by atoms with van der Waals surface area (Å²) < 4.78 is 1.77. The number of nitrogens with zero attached hydrogens (tertiary/aromatic N) is 7. The van der Waals surface area contributed by atoms with Crippen molar-refractivity contribution >= 4 is 11.8 Å². The summed E-state index contributed by atoms with van der Waals surface area (Å²) in [5, 5.41) is 14.8. The molecule has 2 aromatic rings. The Morgan fingerprint density at radius 1 is 1.10 bits per heavy atom. The van der Waals surface area contributed by atoms with Crippen LogP contribution in [-0.2, 0) is 11.3 Å². The fourth-order valence-electron chi connectivity index (χ4n) is 4.01. The molecule has 0 spiro atoms.